The minimum Gasteiger partial charge on any atom is -0.357 e. The summed E-state index contributed by atoms with van der Waals surface area (Å²) in [6.07, 6.45) is 4.61. The van der Waals surface area contributed by atoms with E-state index in [1.165, 1.54) is 10.8 Å². The minimum absolute atomic E-state index is 0.113. The van der Waals surface area contributed by atoms with Crippen LogP contribution in [0.1, 0.15) is 0 Å². The summed E-state index contributed by atoms with van der Waals surface area (Å²) >= 11 is 0. The Labute approximate surface area is 121 Å². The zero-order valence-corrected chi connectivity index (χ0v) is 12.4. The summed E-state index contributed by atoms with van der Waals surface area (Å²) < 4.78 is 24.9. The van der Waals surface area contributed by atoms with Gasteiger partial charge in [0.15, 0.2) is 9.84 Å². The number of hydrogen-bond acceptors (Lipinski definition) is 3. The summed E-state index contributed by atoms with van der Waals surface area (Å²) in [7, 11) is -1.59. The number of aryl methyl sites for hydroxylation is 1. The second-order valence-electron chi connectivity index (χ2n) is 5.03. The summed E-state index contributed by atoms with van der Waals surface area (Å²) in [5, 5.41) is 0.781. The van der Waals surface area contributed by atoms with Gasteiger partial charge in [-0.2, -0.15) is 0 Å². The highest BCUT2D eigenvalue weighted by Gasteiger charge is 2.12. The quantitative estimate of drug-likeness (QED) is 0.786. The number of benzene rings is 1. The molecule has 0 saturated heterocycles. The normalized spacial score (nSPS) is 11.9. The molecule has 0 aliphatic rings. The van der Waals surface area contributed by atoms with E-state index in [-0.39, 0.29) is 10.5 Å². The van der Waals surface area contributed by atoms with Gasteiger partial charge in [0.25, 0.3) is 5.56 Å². The molecule has 1 aromatic carbocycles. The molecular weight excluding hydrogens is 288 g/mol. The first-order chi connectivity index (χ1) is 9.88. The van der Waals surface area contributed by atoms with Gasteiger partial charge < -0.3 is 9.55 Å². The SMILES string of the molecule is Cn1cc(-c2cccc(S(C)(=O)=O)c2)c2cc[nH]c2c1=O. The van der Waals surface area contributed by atoms with Crippen molar-refractivity contribution in [2.75, 3.05) is 6.26 Å². The van der Waals surface area contributed by atoms with E-state index in [2.05, 4.69) is 4.98 Å². The molecule has 0 amide bonds. The Bertz CT molecular complexity index is 997. The third kappa shape index (κ3) is 2.27. The molecule has 0 atom stereocenters. The summed E-state index contributed by atoms with van der Waals surface area (Å²) in [6.45, 7) is 0. The molecule has 3 aromatic rings. The van der Waals surface area contributed by atoms with Crippen molar-refractivity contribution in [2.24, 2.45) is 7.05 Å². The van der Waals surface area contributed by atoms with E-state index in [0.29, 0.717) is 5.52 Å². The van der Waals surface area contributed by atoms with E-state index in [9.17, 15) is 13.2 Å². The Balaban J connectivity index is 2.34. The van der Waals surface area contributed by atoms with E-state index in [0.717, 1.165) is 16.5 Å². The maximum atomic E-state index is 12.0. The molecule has 0 saturated carbocycles. The van der Waals surface area contributed by atoms with Gasteiger partial charge in [-0.1, -0.05) is 12.1 Å². The predicted octanol–water partition coefficient (Wildman–Crippen LogP) is 1.94. The number of fused-ring (bicyclic) bond motifs is 1. The van der Waals surface area contributed by atoms with Gasteiger partial charge in [-0.15, -0.1) is 0 Å². The average molecular weight is 302 g/mol. The molecule has 21 heavy (non-hydrogen) atoms. The molecule has 5 nitrogen and oxygen atoms in total. The second-order valence-corrected chi connectivity index (χ2v) is 7.04. The maximum absolute atomic E-state index is 12.0. The van der Waals surface area contributed by atoms with Crippen LogP contribution >= 0.6 is 0 Å². The zero-order chi connectivity index (χ0) is 15.2. The Hall–Kier alpha value is -2.34. The fourth-order valence-corrected chi connectivity index (χ4v) is 3.06. The molecule has 2 aromatic heterocycles. The molecule has 0 fully saturated rings. The van der Waals surface area contributed by atoms with Crippen LogP contribution in [0.5, 0.6) is 0 Å². The number of aromatic amines is 1. The summed E-state index contributed by atoms with van der Waals surface area (Å²) in [4.78, 5) is 15.2. The molecular formula is C15H14N2O3S. The van der Waals surface area contributed by atoms with Crippen molar-refractivity contribution in [3.05, 3.63) is 53.1 Å². The largest absolute Gasteiger partial charge is 0.357 e. The van der Waals surface area contributed by atoms with Gasteiger partial charge in [-0.3, -0.25) is 4.79 Å². The summed E-state index contributed by atoms with van der Waals surface area (Å²) in [6, 6.07) is 8.55. The van der Waals surface area contributed by atoms with Crippen molar-refractivity contribution in [3.8, 4) is 11.1 Å². The van der Waals surface area contributed by atoms with Gasteiger partial charge in [-0.25, -0.2) is 8.42 Å². The lowest BCUT2D eigenvalue weighted by atomic mass is 10.0. The monoisotopic (exact) mass is 302 g/mol. The molecule has 2 heterocycles. The molecule has 0 unspecified atom stereocenters. The molecule has 0 aliphatic heterocycles. The third-order valence-corrected chi connectivity index (χ3v) is 4.58. The maximum Gasteiger partial charge on any atom is 0.274 e. The summed E-state index contributed by atoms with van der Waals surface area (Å²) in [5.41, 5.74) is 1.98. The molecule has 0 aliphatic carbocycles. The fourth-order valence-electron chi connectivity index (χ4n) is 2.39. The number of aromatic nitrogens is 2. The Morgan fingerprint density at radius 2 is 1.95 bits per heavy atom. The van der Waals surface area contributed by atoms with Crippen LogP contribution < -0.4 is 5.56 Å². The number of rotatable bonds is 2. The average Bonchev–Trinajstić information content (AvgIpc) is 2.91. The van der Waals surface area contributed by atoms with Crippen LogP contribution in [-0.2, 0) is 16.9 Å². The Morgan fingerprint density at radius 3 is 2.67 bits per heavy atom. The highest BCUT2D eigenvalue weighted by molar-refractivity contribution is 7.90. The van der Waals surface area contributed by atoms with E-state index in [1.807, 2.05) is 12.1 Å². The Morgan fingerprint density at radius 1 is 1.19 bits per heavy atom. The van der Waals surface area contributed by atoms with Crippen LogP contribution in [0.3, 0.4) is 0 Å². The molecule has 3 rings (SSSR count). The fraction of sp³-hybridized carbons (Fsp3) is 0.133. The zero-order valence-electron chi connectivity index (χ0n) is 11.6. The first-order valence-electron chi connectivity index (χ1n) is 6.35. The van der Waals surface area contributed by atoms with E-state index in [4.69, 9.17) is 0 Å². The van der Waals surface area contributed by atoms with Gasteiger partial charge in [0.1, 0.15) is 5.52 Å². The standard InChI is InChI=1S/C15H14N2O3S/c1-17-9-13(12-6-7-16-14(12)15(17)18)10-4-3-5-11(8-10)21(2,19)20/h3-9,16H,1-2H3. The van der Waals surface area contributed by atoms with Crippen molar-refractivity contribution >= 4 is 20.7 Å². The highest BCUT2D eigenvalue weighted by atomic mass is 32.2. The molecule has 1 N–H and O–H groups in total. The lowest BCUT2D eigenvalue weighted by Gasteiger charge is -2.08. The second kappa shape index (κ2) is 4.60. The van der Waals surface area contributed by atoms with Crippen molar-refractivity contribution in [3.63, 3.8) is 0 Å². The van der Waals surface area contributed by atoms with Gasteiger partial charge in [0.2, 0.25) is 0 Å². The van der Waals surface area contributed by atoms with E-state index in [1.54, 1.807) is 37.6 Å². The Kier molecular flexibility index (Phi) is 2.98. The van der Waals surface area contributed by atoms with Crippen molar-refractivity contribution in [1.82, 2.24) is 9.55 Å². The number of nitrogens with one attached hydrogen (secondary N) is 1. The lowest BCUT2D eigenvalue weighted by molar-refractivity contribution is 0.602. The minimum atomic E-state index is -3.27. The first kappa shape index (κ1) is 13.6. The molecule has 0 radical (unpaired) electrons. The van der Waals surface area contributed by atoms with E-state index >= 15 is 0 Å². The van der Waals surface area contributed by atoms with Crippen molar-refractivity contribution < 1.29 is 8.42 Å². The smallest absolute Gasteiger partial charge is 0.274 e. The van der Waals surface area contributed by atoms with Crippen LogP contribution in [0.4, 0.5) is 0 Å². The van der Waals surface area contributed by atoms with Crippen LogP contribution in [0.15, 0.2) is 52.4 Å². The van der Waals surface area contributed by atoms with Crippen molar-refractivity contribution in [1.29, 1.82) is 0 Å². The highest BCUT2D eigenvalue weighted by Crippen LogP contribution is 2.27. The molecule has 108 valence electrons. The topological polar surface area (TPSA) is 71.9 Å². The van der Waals surface area contributed by atoms with Gasteiger partial charge in [0.05, 0.1) is 4.90 Å². The van der Waals surface area contributed by atoms with Crippen LogP contribution in [0.25, 0.3) is 22.0 Å². The van der Waals surface area contributed by atoms with Crippen LogP contribution in [0, 0.1) is 0 Å². The molecule has 0 bridgehead atoms. The van der Waals surface area contributed by atoms with Crippen LogP contribution in [-0.4, -0.2) is 24.2 Å². The first-order valence-corrected chi connectivity index (χ1v) is 8.24. The third-order valence-electron chi connectivity index (χ3n) is 3.47. The number of H-pyrrole nitrogens is 1. The number of sulfone groups is 1. The van der Waals surface area contributed by atoms with Gasteiger partial charge in [-0.05, 0) is 23.8 Å². The molecule has 0 spiro atoms. The van der Waals surface area contributed by atoms with E-state index < -0.39 is 9.84 Å². The van der Waals surface area contributed by atoms with Crippen molar-refractivity contribution in [2.45, 2.75) is 4.90 Å². The van der Waals surface area contributed by atoms with Crippen LogP contribution in [0.2, 0.25) is 0 Å². The number of pyridine rings is 1. The van der Waals surface area contributed by atoms with Gasteiger partial charge >= 0.3 is 0 Å². The number of nitrogens with zero attached hydrogens (tertiary/aromatic N) is 1. The molecule has 6 heteroatoms. The summed E-state index contributed by atoms with van der Waals surface area (Å²) in [5.74, 6) is 0. The lowest BCUT2D eigenvalue weighted by Crippen LogP contribution is -2.16. The predicted molar refractivity (Wildman–Crippen MR) is 82.1 cm³/mol. The van der Waals surface area contributed by atoms with Gasteiger partial charge in [0, 0.05) is 36.6 Å². The number of hydrogen-bond donors (Lipinski definition) is 1.